The molecule has 0 spiro atoms. The molecule has 0 aliphatic heterocycles. The molecule has 6 heteroatoms. The fourth-order valence-corrected chi connectivity index (χ4v) is 2.81. The molecule has 0 radical (unpaired) electrons. The van der Waals surface area contributed by atoms with E-state index in [0.717, 1.165) is 25.9 Å². The van der Waals surface area contributed by atoms with Crippen LogP contribution < -0.4 is 9.64 Å². The molecule has 1 aromatic rings. The quantitative estimate of drug-likeness (QED) is 0.829. The minimum atomic E-state index is 0.182. The number of hydrogen-bond acceptors (Lipinski definition) is 5. The topological polar surface area (TPSA) is 51.1 Å². The smallest absolute Gasteiger partial charge is 0.322 e. The molecule has 0 unspecified atom stereocenters. The van der Waals surface area contributed by atoms with Gasteiger partial charge in [-0.05, 0) is 56.5 Å². The fourth-order valence-electron chi connectivity index (χ4n) is 2.66. The van der Waals surface area contributed by atoms with Gasteiger partial charge < -0.3 is 9.64 Å². The zero-order valence-electron chi connectivity index (χ0n) is 13.4. The summed E-state index contributed by atoms with van der Waals surface area (Å²) in [5, 5.41) is 0.193. The predicted octanol–water partition coefficient (Wildman–Crippen LogP) is 3.72. The van der Waals surface area contributed by atoms with Gasteiger partial charge in [-0.2, -0.15) is 15.0 Å². The standard InChI is InChI=1S/C15H25ClN4O/c1-5-20(6-2)13-17-12(16)18-14(19-13)21-11-7-9-15(3,4)10-8-11/h11H,5-10H2,1-4H3. The van der Waals surface area contributed by atoms with E-state index in [1.165, 1.54) is 12.8 Å². The first kappa shape index (κ1) is 16.3. The summed E-state index contributed by atoms with van der Waals surface area (Å²) < 4.78 is 5.94. The maximum absolute atomic E-state index is 6.00. The van der Waals surface area contributed by atoms with Crippen molar-refractivity contribution in [1.82, 2.24) is 15.0 Å². The van der Waals surface area contributed by atoms with Gasteiger partial charge in [-0.25, -0.2) is 0 Å². The Bertz CT molecular complexity index is 467. The van der Waals surface area contributed by atoms with Gasteiger partial charge in [-0.15, -0.1) is 0 Å². The predicted molar refractivity (Wildman–Crippen MR) is 85.1 cm³/mol. The second-order valence-corrected chi connectivity index (χ2v) is 6.68. The van der Waals surface area contributed by atoms with Crippen molar-refractivity contribution in [3.05, 3.63) is 5.28 Å². The Kier molecular flexibility index (Phi) is 5.25. The van der Waals surface area contributed by atoms with Gasteiger partial charge in [0.05, 0.1) is 0 Å². The molecule has 0 N–H and O–H groups in total. The fraction of sp³-hybridized carbons (Fsp3) is 0.800. The van der Waals surface area contributed by atoms with Gasteiger partial charge in [0, 0.05) is 13.1 Å². The van der Waals surface area contributed by atoms with Crippen LogP contribution in [0, 0.1) is 5.41 Å². The van der Waals surface area contributed by atoms with Gasteiger partial charge in [0.25, 0.3) is 0 Å². The Labute approximate surface area is 132 Å². The summed E-state index contributed by atoms with van der Waals surface area (Å²) in [6.07, 6.45) is 4.59. The molecule has 1 saturated carbocycles. The first-order chi connectivity index (χ1) is 9.93. The third-order valence-electron chi connectivity index (χ3n) is 4.18. The van der Waals surface area contributed by atoms with E-state index in [-0.39, 0.29) is 11.4 Å². The highest BCUT2D eigenvalue weighted by Gasteiger charge is 2.28. The number of nitrogens with zero attached hydrogens (tertiary/aromatic N) is 4. The number of hydrogen-bond donors (Lipinski definition) is 0. The minimum absolute atomic E-state index is 0.182. The van der Waals surface area contributed by atoms with E-state index in [1.54, 1.807) is 0 Å². The second-order valence-electron chi connectivity index (χ2n) is 6.34. The average Bonchev–Trinajstić information content (AvgIpc) is 2.42. The molecular weight excluding hydrogens is 288 g/mol. The summed E-state index contributed by atoms with van der Waals surface area (Å²) in [6, 6.07) is 0.349. The zero-order valence-corrected chi connectivity index (χ0v) is 14.2. The van der Waals surface area contributed by atoms with Crippen LogP contribution in [0.5, 0.6) is 6.01 Å². The lowest BCUT2D eigenvalue weighted by Gasteiger charge is -2.33. The Balaban J connectivity index is 2.06. The molecule has 0 atom stereocenters. The lowest BCUT2D eigenvalue weighted by molar-refractivity contribution is 0.0905. The van der Waals surface area contributed by atoms with E-state index in [1.807, 2.05) is 4.90 Å². The third-order valence-corrected chi connectivity index (χ3v) is 4.35. The van der Waals surface area contributed by atoms with Crippen molar-refractivity contribution < 1.29 is 4.74 Å². The molecular formula is C15H25ClN4O. The van der Waals surface area contributed by atoms with Crippen LogP contribution in [0.2, 0.25) is 5.28 Å². The summed E-state index contributed by atoms with van der Waals surface area (Å²) in [5.41, 5.74) is 0.420. The zero-order chi connectivity index (χ0) is 15.5. The van der Waals surface area contributed by atoms with Crippen LogP contribution in [0.3, 0.4) is 0 Å². The molecule has 1 aliphatic carbocycles. The van der Waals surface area contributed by atoms with Crippen molar-refractivity contribution in [2.24, 2.45) is 5.41 Å². The molecule has 21 heavy (non-hydrogen) atoms. The summed E-state index contributed by atoms with van der Waals surface area (Å²) in [4.78, 5) is 14.7. The molecule has 5 nitrogen and oxygen atoms in total. The van der Waals surface area contributed by atoms with Crippen LogP contribution in [-0.2, 0) is 0 Å². The number of halogens is 1. The molecule has 1 aliphatic rings. The van der Waals surface area contributed by atoms with E-state index in [2.05, 4.69) is 42.6 Å². The minimum Gasteiger partial charge on any atom is -0.460 e. The van der Waals surface area contributed by atoms with E-state index >= 15 is 0 Å². The normalized spacial score (nSPS) is 18.5. The Hall–Kier alpha value is -1.10. The second kappa shape index (κ2) is 6.77. The molecule has 1 fully saturated rings. The van der Waals surface area contributed by atoms with Crippen molar-refractivity contribution in [3.8, 4) is 6.01 Å². The van der Waals surface area contributed by atoms with Crippen molar-refractivity contribution in [2.75, 3.05) is 18.0 Å². The first-order valence-electron chi connectivity index (χ1n) is 7.76. The molecule has 2 rings (SSSR count). The Morgan fingerprint density at radius 1 is 1.14 bits per heavy atom. The van der Waals surface area contributed by atoms with Crippen molar-refractivity contribution in [1.29, 1.82) is 0 Å². The van der Waals surface area contributed by atoms with Crippen molar-refractivity contribution in [3.63, 3.8) is 0 Å². The van der Waals surface area contributed by atoms with Gasteiger partial charge in [0.1, 0.15) is 6.10 Å². The van der Waals surface area contributed by atoms with Crippen molar-refractivity contribution in [2.45, 2.75) is 59.5 Å². The van der Waals surface area contributed by atoms with Gasteiger partial charge in [-0.3, -0.25) is 0 Å². The monoisotopic (exact) mass is 312 g/mol. The van der Waals surface area contributed by atoms with Gasteiger partial charge in [-0.1, -0.05) is 13.8 Å². The maximum Gasteiger partial charge on any atom is 0.322 e. The molecule has 0 amide bonds. The van der Waals surface area contributed by atoms with Crippen LogP contribution in [0.1, 0.15) is 53.4 Å². The summed E-state index contributed by atoms with van der Waals surface area (Å²) in [6.45, 7) is 10.4. The van der Waals surface area contributed by atoms with Gasteiger partial charge in [0.2, 0.25) is 11.2 Å². The Morgan fingerprint density at radius 2 is 1.76 bits per heavy atom. The SMILES string of the molecule is CCN(CC)c1nc(Cl)nc(OC2CCC(C)(C)CC2)n1. The summed E-state index contributed by atoms with van der Waals surface area (Å²) >= 11 is 6.00. The van der Waals surface area contributed by atoms with Crippen LogP contribution in [0.4, 0.5) is 5.95 Å². The van der Waals surface area contributed by atoms with Crippen LogP contribution in [0.25, 0.3) is 0 Å². The van der Waals surface area contributed by atoms with E-state index < -0.39 is 0 Å². The number of aromatic nitrogens is 3. The number of anilines is 1. The molecule has 1 aromatic heterocycles. The molecule has 0 bridgehead atoms. The highest BCUT2D eigenvalue weighted by Crippen LogP contribution is 2.36. The van der Waals surface area contributed by atoms with E-state index in [4.69, 9.17) is 16.3 Å². The van der Waals surface area contributed by atoms with Crippen molar-refractivity contribution >= 4 is 17.5 Å². The van der Waals surface area contributed by atoms with E-state index in [0.29, 0.717) is 17.4 Å². The van der Waals surface area contributed by atoms with Crippen LogP contribution in [-0.4, -0.2) is 34.1 Å². The number of rotatable bonds is 5. The summed E-state index contributed by atoms with van der Waals surface area (Å²) in [7, 11) is 0. The average molecular weight is 313 g/mol. The van der Waals surface area contributed by atoms with Crippen LogP contribution in [0.15, 0.2) is 0 Å². The highest BCUT2D eigenvalue weighted by atomic mass is 35.5. The first-order valence-corrected chi connectivity index (χ1v) is 8.14. The third kappa shape index (κ3) is 4.43. The van der Waals surface area contributed by atoms with Gasteiger partial charge in [0.15, 0.2) is 0 Å². The highest BCUT2D eigenvalue weighted by molar-refractivity contribution is 6.28. The molecule has 1 heterocycles. The maximum atomic E-state index is 6.00. The molecule has 118 valence electrons. The largest absolute Gasteiger partial charge is 0.460 e. The lowest BCUT2D eigenvalue weighted by Crippen LogP contribution is -2.29. The number of ether oxygens (including phenoxy) is 1. The van der Waals surface area contributed by atoms with Gasteiger partial charge >= 0.3 is 6.01 Å². The summed E-state index contributed by atoms with van der Waals surface area (Å²) in [5.74, 6) is 0.589. The van der Waals surface area contributed by atoms with E-state index in [9.17, 15) is 0 Å². The molecule has 0 saturated heterocycles. The molecule has 0 aromatic carbocycles. The lowest BCUT2D eigenvalue weighted by atomic mass is 9.76. The Morgan fingerprint density at radius 3 is 2.33 bits per heavy atom. The van der Waals surface area contributed by atoms with Crippen LogP contribution >= 0.6 is 11.6 Å².